The molecule has 1 rings (SSSR count). The molecule has 4 heteroatoms. The van der Waals surface area contributed by atoms with Crippen LogP contribution in [0.4, 0.5) is 0 Å². The van der Waals surface area contributed by atoms with Crippen LogP contribution in [0, 0.1) is 0 Å². The summed E-state index contributed by atoms with van der Waals surface area (Å²) >= 11 is 6.10. The van der Waals surface area contributed by atoms with Crippen LogP contribution in [0.1, 0.15) is 11.6 Å². The normalized spacial score (nSPS) is 12.0. The maximum absolute atomic E-state index is 6.10. The van der Waals surface area contributed by atoms with E-state index in [1.54, 1.807) is 20.3 Å². The second-order valence-electron chi connectivity index (χ2n) is 3.24. The van der Waals surface area contributed by atoms with E-state index in [4.69, 9.17) is 21.1 Å². The van der Waals surface area contributed by atoms with Crippen LogP contribution in [0.15, 0.2) is 24.8 Å². The number of likely N-dealkylation sites (N-methyl/N-ethyl adjacent to an activating group) is 1. The topological polar surface area (TPSA) is 30.5 Å². The molecule has 0 aliphatic rings. The number of benzene rings is 1. The summed E-state index contributed by atoms with van der Waals surface area (Å²) < 4.78 is 10.4. The summed E-state index contributed by atoms with van der Waals surface area (Å²) in [5.74, 6) is 1.17. The van der Waals surface area contributed by atoms with Gasteiger partial charge >= 0.3 is 0 Å². The summed E-state index contributed by atoms with van der Waals surface area (Å²) in [7, 11) is 5.00. The van der Waals surface area contributed by atoms with E-state index in [2.05, 4.69) is 11.9 Å². The van der Waals surface area contributed by atoms with Crippen molar-refractivity contribution in [3.63, 3.8) is 0 Å². The molecule has 0 radical (unpaired) electrons. The first-order valence-electron chi connectivity index (χ1n) is 4.89. The molecular formula is C12H16ClNO2. The number of halogens is 1. The highest BCUT2D eigenvalue weighted by Gasteiger charge is 2.14. The van der Waals surface area contributed by atoms with E-state index in [-0.39, 0.29) is 6.04 Å². The average Bonchev–Trinajstić information content (AvgIpc) is 2.29. The third-order valence-electron chi connectivity index (χ3n) is 2.36. The highest BCUT2D eigenvalue weighted by Crippen LogP contribution is 2.37. The van der Waals surface area contributed by atoms with E-state index in [9.17, 15) is 0 Å². The summed E-state index contributed by atoms with van der Waals surface area (Å²) in [5.41, 5.74) is 0.986. The van der Waals surface area contributed by atoms with Gasteiger partial charge in [-0.1, -0.05) is 17.7 Å². The summed E-state index contributed by atoms with van der Waals surface area (Å²) in [4.78, 5) is 0. The van der Waals surface area contributed by atoms with Gasteiger partial charge < -0.3 is 14.8 Å². The van der Waals surface area contributed by atoms with Gasteiger partial charge in [-0.2, -0.15) is 0 Å². The molecule has 0 aromatic heterocycles. The number of nitrogens with one attached hydrogen (secondary N) is 1. The summed E-state index contributed by atoms with van der Waals surface area (Å²) in [6.45, 7) is 3.76. The third kappa shape index (κ3) is 2.49. The van der Waals surface area contributed by atoms with Crippen LogP contribution >= 0.6 is 11.6 Å². The van der Waals surface area contributed by atoms with Crippen LogP contribution in [-0.4, -0.2) is 21.3 Å². The smallest absolute Gasteiger partial charge is 0.179 e. The number of hydrogen-bond donors (Lipinski definition) is 1. The van der Waals surface area contributed by atoms with Gasteiger partial charge in [0.25, 0.3) is 0 Å². The molecule has 1 N–H and O–H groups in total. The van der Waals surface area contributed by atoms with Gasteiger partial charge in [0, 0.05) is 0 Å². The Morgan fingerprint density at radius 3 is 2.50 bits per heavy atom. The molecule has 0 amide bonds. The largest absolute Gasteiger partial charge is 0.493 e. The molecule has 16 heavy (non-hydrogen) atoms. The molecule has 3 nitrogen and oxygen atoms in total. The molecule has 0 aliphatic heterocycles. The molecule has 1 atom stereocenters. The van der Waals surface area contributed by atoms with Gasteiger partial charge in [0.05, 0.1) is 25.3 Å². The van der Waals surface area contributed by atoms with Crippen LogP contribution in [0.5, 0.6) is 11.5 Å². The fourth-order valence-corrected chi connectivity index (χ4v) is 1.83. The number of rotatable bonds is 5. The Morgan fingerprint density at radius 1 is 1.38 bits per heavy atom. The van der Waals surface area contributed by atoms with Crippen molar-refractivity contribution in [1.82, 2.24) is 5.32 Å². The van der Waals surface area contributed by atoms with Crippen molar-refractivity contribution in [1.29, 1.82) is 0 Å². The molecule has 0 saturated carbocycles. The van der Waals surface area contributed by atoms with Crippen LogP contribution in [0.25, 0.3) is 0 Å². The van der Waals surface area contributed by atoms with Crippen LogP contribution in [-0.2, 0) is 0 Å². The maximum Gasteiger partial charge on any atom is 0.179 e. The minimum atomic E-state index is 0.0392. The van der Waals surface area contributed by atoms with Gasteiger partial charge in [-0.25, -0.2) is 0 Å². The van der Waals surface area contributed by atoms with E-state index in [0.29, 0.717) is 16.5 Å². The average molecular weight is 242 g/mol. The first kappa shape index (κ1) is 12.9. The van der Waals surface area contributed by atoms with Gasteiger partial charge in [0.1, 0.15) is 0 Å². The van der Waals surface area contributed by atoms with Gasteiger partial charge in [-0.05, 0) is 24.7 Å². The predicted octanol–water partition coefficient (Wildman–Crippen LogP) is 2.80. The van der Waals surface area contributed by atoms with E-state index < -0.39 is 0 Å². The molecule has 0 fully saturated rings. The Bertz CT molecular complexity index is 380. The van der Waals surface area contributed by atoms with Crippen molar-refractivity contribution in [2.24, 2.45) is 0 Å². The Morgan fingerprint density at radius 2 is 2.06 bits per heavy atom. The molecule has 0 bridgehead atoms. The first-order valence-corrected chi connectivity index (χ1v) is 5.27. The van der Waals surface area contributed by atoms with Crippen molar-refractivity contribution in [2.45, 2.75) is 6.04 Å². The number of ether oxygens (including phenoxy) is 2. The molecule has 1 aromatic rings. The minimum Gasteiger partial charge on any atom is -0.493 e. The molecule has 1 unspecified atom stereocenters. The Labute approximate surface area is 101 Å². The molecule has 0 heterocycles. The van der Waals surface area contributed by atoms with E-state index in [0.717, 1.165) is 5.56 Å². The van der Waals surface area contributed by atoms with Crippen LogP contribution in [0.3, 0.4) is 0 Å². The molecule has 0 spiro atoms. The third-order valence-corrected chi connectivity index (χ3v) is 2.64. The van der Waals surface area contributed by atoms with Gasteiger partial charge in [-0.3, -0.25) is 0 Å². The van der Waals surface area contributed by atoms with Gasteiger partial charge in [0.2, 0.25) is 0 Å². The van der Waals surface area contributed by atoms with E-state index in [1.807, 2.05) is 19.2 Å². The lowest BCUT2D eigenvalue weighted by Crippen LogP contribution is -2.13. The van der Waals surface area contributed by atoms with Crippen molar-refractivity contribution >= 4 is 11.6 Å². The van der Waals surface area contributed by atoms with E-state index >= 15 is 0 Å². The number of hydrogen-bond acceptors (Lipinski definition) is 3. The standard InChI is InChI=1S/C12H16ClNO2/c1-5-10(14-2)8-6-9(13)12(16-4)11(7-8)15-3/h5-7,10,14H,1H2,2-4H3. The minimum absolute atomic E-state index is 0.0392. The summed E-state index contributed by atoms with van der Waals surface area (Å²) in [6, 6.07) is 3.76. The van der Waals surface area contributed by atoms with Crippen molar-refractivity contribution in [2.75, 3.05) is 21.3 Å². The lowest BCUT2D eigenvalue weighted by atomic mass is 10.1. The molecular weight excluding hydrogens is 226 g/mol. The second kappa shape index (κ2) is 5.77. The second-order valence-corrected chi connectivity index (χ2v) is 3.65. The molecule has 88 valence electrons. The lowest BCUT2D eigenvalue weighted by Gasteiger charge is -2.16. The van der Waals surface area contributed by atoms with Crippen molar-refractivity contribution < 1.29 is 9.47 Å². The molecule has 0 aliphatic carbocycles. The molecule has 0 saturated heterocycles. The van der Waals surface area contributed by atoms with Crippen molar-refractivity contribution in [3.05, 3.63) is 35.4 Å². The Hall–Kier alpha value is -1.19. The van der Waals surface area contributed by atoms with Gasteiger partial charge in [-0.15, -0.1) is 6.58 Å². The predicted molar refractivity (Wildman–Crippen MR) is 66.6 cm³/mol. The summed E-state index contributed by atoms with van der Waals surface area (Å²) in [5, 5.41) is 3.64. The van der Waals surface area contributed by atoms with E-state index in [1.165, 1.54) is 0 Å². The maximum atomic E-state index is 6.10. The SMILES string of the molecule is C=CC(NC)c1cc(Cl)c(OC)c(OC)c1. The summed E-state index contributed by atoms with van der Waals surface area (Å²) in [6.07, 6.45) is 1.80. The quantitative estimate of drug-likeness (QED) is 0.805. The zero-order chi connectivity index (χ0) is 12.1. The highest BCUT2D eigenvalue weighted by molar-refractivity contribution is 6.32. The fourth-order valence-electron chi connectivity index (χ4n) is 1.54. The zero-order valence-corrected chi connectivity index (χ0v) is 10.5. The van der Waals surface area contributed by atoms with Gasteiger partial charge in [0.15, 0.2) is 11.5 Å². The molecule has 1 aromatic carbocycles. The fraction of sp³-hybridized carbons (Fsp3) is 0.333. The zero-order valence-electron chi connectivity index (χ0n) is 9.71. The number of methoxy groups -OCH3 is 2. The Balaban J connectivity index is 3.24. The van der Waals surface area contributed by atoms with Crippen LogP contribution < -0.4 is 14.8 Å². The monoisotopic (exact) mass is 241 g/mol. The first-order chi connectivity index (χ1) is 7.67. The lowest BCUT2D eigenvalue weighted by molar-refractivity contribution is 0.354. The highest BCUT2D eigenvalue weighted by atomic mass is 35.5. The Kier molecular flexibility index (Phi) is 4.65. The van der Waals surface area contributed by atoms with Crippen molar-refractivity contribution in [3.8, 4) is 11.5 Å². The van der Waals surface area contributed by atoms with Crippen LogP contribution in [0.2, 0.25) is 5.02 Å².